The smallest absolute Gasteiger partial charge is 0.343 e. The topological polar surface area (TPSA) is 81.7 Å². The molecule has 0 heterocycles. The molecule has 0 saturated carbocycles. The third-order valence-electron chi connectivity index (χ3n) is 6.52. The summed E-state index contributed by atoms with van der Waals surface area (Å²) in [6, 6.07) is 8.28. The summed E-state index contributed by atoms with van der Waals surface area (Å²) in [5.74, 6) is -2.06. The lowest BCUT2D eigenvalue weighted by Gasteiger charge is -2.29. The summed E-state index contributed by atoms with van der Waals surface area (Å²) < 4.78 is 10.3. The summed E-state index contributed by atoms with van der Waals surface area (Å²) in [7, 11) is 0. The Bertz CT molecular complexity index is 741. The van der Waals surface area contributed by atoms with Crippen LogP contribution in [-0.2, 0) is 36.7 Å². The molecule has 0 fully saturated rings. The predicted molar refractivity (Wildman–Crippen MR) is 145 cm³/mol. The third kappa shape index (κ3) is 12.0. The van der Waals surface area contributed by atoms with E-state index in [1.807, 2.05) is 12.1 Å². The standard InChI is InChI=1S/C30H49NO5/c1-5-8-9-10-11-12-13-14-15-16-17-18-26-19-21-27(22-20-26)23-24-30(31-25(4)32,28(33)35-6-2)29(34)36-7-3/h19-22H,5-18,23-24H2,1-4H3,(H,31,32). The first kappa shape index (κ1) is 31.7. The van der Waals surface area contributed by atoms with E-state index in [1.54, 1.807) is 13.8 Å². The molecule has 1 N–H and O–H groups in total. The number of carbonyl (C=O) groups is 3. The highest BCUT2D eigenvalue weighted by molar-refractivity contribution is 6.07. The van der Waals surface area contributed by atoms with Crippen LogP contribution in [0.25, 0.3) is 0 Å². The second-order valence-electron chi connectivity index (χ2n) is 9.63. The van der Waals surface area contributed by atoms with Crippen molar-refractivity contribution >= 4 is 17.8 Å². The Kier molecular flexibility index (Phi) is 16.6. The Balaban J connectivity index is 2.51. The Morgan fingerprint density at radius 1 is 0.667 bits per heavy atom. The number of nitrogens with one attached hydrogen (secondary N) is 1. The van der Waals surface area contributed by atoms with E-state index in [9.17, 15) is 14.4 Å². The van der Waals surface area contributed by atoms with Gasteiger partial charge in [-0.1, -0.05) is 95.4 Å². The van der Waals surface area contributed by atoms with Gasteiger partial charge in [-0.25, -0.2) is 9.59 Å². The zero-order chi connectivity index (χ0) is 26.7. The lowest BCUT2D eigenvalue weighted by molar-refractivity contribution is -0.168. The van der Waals surface area contributed by atoms with E-state index in [0.29, 0.717) is 6.42 Å². The molecule has 0 bridgehead atoms. The zero-order valence-corrected chi connectivity index (χ0v) is 23.2. The van der Waals surface area contributed by atoms with E-state index < -0.39 is 23.4 Å². The molecule has 1 aromatic carbocycles. The molecule has 0 aliphatic rings. The van der Waals surface area contributed by atoms with Crippen LogP contribution < -0.4 is 5.32 Å². The van der Waals surface area contributed by atoms with E-state index in [-0.39, 0.29) is 19.6 Å². The average molecular weight is 504 g/mol. The molecular weight excluding hydrogens is 454 g/mol. The van der Waals surface area contributed by atoms with Gasteiger partial charge in [0.2, 0.25) is 11.4 Å². The number of hydrogen-bond acceptors (Lipinski definition) is 5. The lowest BCUT2D eigenvalue weighted by Crippen LogP contribution is -2.61. The molecule has 204 valence electrons. The molecule has 6 heteroatoms. The fourth-order valence-corrected chi connectivity index (χ4v) is 4.46. The molecule has 0 unspecified atom stereocenters. The van der Waals surface area contributed by atoms with Crippen molar-refractivity contribution in [3.8, 4) is 0 Å². The maximum atomic E-state index is 12.7. The molecule has 6 nitrogen and oxygen atoms in total. The lowest BCUT2D eigenvalue weighted by atomic mass is 9.90. The number of ether oxygens (including phenoxy) is 2. The fraction of sp³-hybridized carbons (Fsp3) is 0.700. The van der Waals surface area contributed by atoms with E-state index in [0.717, 1.165) is 12.0 Å². The number of esters is 2. The number of aryl methyl sites for hydroxylation is 2. The highest BCUT2D eigenvalue weighted by Crippen LogP contribution is 2.21. The Morgan fingerprint density at radius 2 is 1.08 bits per heavy atom. The number of amides is 1. The van der Waals surface area contributed by atoms with Gasteiger partial charge in [0.15, 0.2) is 0 Å². The minimum absolute atomic E-state index is 0.0716. The summed E-state index contributed by atoms with van der Waals surface area (Å²) in [6.07, 6.45) is 16.2. The summed E-state index contributed by atoms with van der Waals surface area (Å²) in [6.45, 7) is 7.07. The van der Waals surface area contributed by atoms with E-state index >= 15 is 0 Å². The number of carbonyl (C=O) groups excluding carboxylic acids is 3. The molecule has 0 atom stereocenters. The number of unbranched alkanes of at least 4 members (excludes halogenated alkanes) is 10. The third-order valence-corrected chi connectivity index (χ3v) is 6.52. The summed E-state index contributed by atoms with van der Waals surface area (Å²) in [5.41, 5.74) is 0.436. The van der Waals surface area contributed by atoms with Gasteiger partial charge in [-0.2, -0.15) is 0 Å². The minimum Gasteiger partial charge on any atom is -0.464 e. The van der Waals surface area contributed by atoms with Crippen LogP contribution in [0.15, 0.2) is 24.3 Å². The molecule has 0 saturated heterocycles. The van der Waals surface area contributed by atoms with Crippen molar-refractivity contribution in [3.63, 3.8) is 0 Å². The fourth-order valence-electron chi connectivity index (χ4n) is 4.46. The molecule has 1 aromatic rings. The Morgan fingerprint density at radius 3 is 1.50 bits per heavy atom. The van der Waals surface area contributed by atoms with Crippen LogP contribution in [0.4, 0.5) is 0 Å². The first-order valence-corrected chi connectivity index (χ1v) is 14.1. The van der Waals surface area contributed by atoms with Crippen molar-refractivity contribution in [1.82, 2.24) is 5.32 Å². The van der Waals surface area contributed by atoms with Crippen LogP contribution in [0.1, 0.15) is 116 Å². The SMILES string of the molecule is CCCCCCCCCCCCCc1ccc(CCC(NC(C)=O)(C(=O)OCC)C(=O)OCC)cc1. The van der Waals surface area contributed by atoms with Gasteiger partial charge >= 0.3 is 11.9 Å². The highest BCUT2D eigenvalue weighted by Gasteiger charge is 2.49. The largest absolute Gasteiger partial charge is 0.464 e. The van der Waals surface area contributed by atoms with Crippen LogP contribution in [-0.4, -0.2) is 36.6 Å². The van der Waals surface area contributed by atoms with Crippen molar-refractivity contribution in [2.24, 2.45) is 0 Å². The second-order valence-corrected chi connectivity index (χ2v) is 9.63. The van der Waals surface area contributed by atoms with Crippen LogP contribution in [0.2, 0.25) is 0 Å². The second kappa shape index (κ2) is 18.8. The quantitative estimate of drug-likeness (QED) is 0.125. The normalized spacial score (nSPS) is 11.2. The van der Waals surface area contributed by atoms with Gasteiger partial charge in [0.1, 0.15) is 0 Å². The van der Waals surface area contributed by atoms with Crippen LogP contribution in [0.3, 0.4) is 0 Å². The molecule has 0 aliphatic carbocycles. The zero-order valence-electron chi connectivity index (χ0n) is 23.2. The van der Waals surface area contributed by atoms with Gasteiger partial charge in [-0.3, -0.25) is 4.79 Å². The number of rotatable bonds is 20. The van der Waals surface area contributed by atoms with Crippen LogP contribution in [0, 0.1) is 0 Å². The van der Waals surface area contributed by atoms with Gasteiger partial charge < -0.3 is 14.8 Å². The number of hydrogen-bond donors (Lipinski definition) is 1. The van der Waals surface area contributed by atoms with Crippen molar-refractivity contribution in [3.05, 3.63) is 35.4 Å². The van der Waals surface area contributed by atoms with Crippen molar-refractivity contribution in [2.75, 3.05) is 13.2 Å². The van der Waals surface area contributed by atoms with Crippen molar-refractivity contribution in [1.29, 1.82) is 0 Å². The van der Waals surface area contributed by atoms with Crippen molar-refractivity contribution < 1.29 is 23.9 Å². The highest BCUT2D eigenvalue weighted by atomic mass is 16.6. The number of benzene rings is 1. The summed E-state index contributed by atoms with van der Waals surface area (Å²) in [4.78, 5) is 37.3. The van der Waals surface area contributed by atoms with E-state index in [2.05, 4.69) is 24.4 Å². The maximum Gasteiger partial charge on any atom is 0.343 e. The van der Waals surface area contributed by atoms with Gasteiger partial charge in [-0.15, -0.1) is 0 Å². The summed E-state index contributed by atoms with van der Waals surface area (Å²) >= 11 is 0. The Labute approximate surface area is 218 Å². The molecule has 1 rings (SSSR count). The molecule has 0 radical (unpaired) electrons. The predicted octanol–water partition coefficient (Wildman–Crippen LogP) is 6.47. The monoisotopic (exact) mass is 503 g/mol. The molecule has 36 heavy (non-hydrogen) atoms. The summed E-state index contributed by atoms with van der Waals surface area (Å²) in [5, 5.41) is 2.52. The van der Waals surface area contributed by atoms with Gasteiger partial charge in [0, 0.05) is 6.92 Å². The molecule has 0 aliphatic heterocycles. The maximum absolute atomic E-state index is 12.7. The van der Waals surface area contributed by atoms with E-state index in [1.165, 1.54) is 83.1 Å². The first-order valence-electron chi connectivity index (χ1n) is 14.1. The average Bonchev–Trinajstić information content (AvgIpc) is 2.86. The molecule has 0 aromatic heterocycles. The van der Waals surface area contributed by atoms with Gasteiger partial charge in [0.05, 0.1) is 13.2 Å². The molecular formula is C30H49NO5. The van der Waals surface area contributed by atoms with Crippen LogP contribution in [0.5, 0.6) is 0 Å². The first-order chi connectivity index (χ1) is 17.4. The van der Waals surface area contributed by atoms with E-state index in [4.69, 9.17) is 9.47 Å². The molecule has 0 spiro atoms. The van der Waals surface area contributed by atoms with Gasteiger partial charge in [-0.05, 0) is 50.7 Å². The van der Waals surface area contributed by atoms with Crippen molar-refractivity contribution in [2.45, 2.75) is 123 Å². The minimum atomic E-state index is -1.84. The van der Waals surface area contributed by atoms with Gasteiger partial charge in [0.25, 0.3) is 0 Å². The van der Waals surface area contributed by atoms with Crippen LogP contribution >= 0.6 is 0 Å². The molecule has 1 amide bonds. The Hall–Kier alpha value is -2.37.